The number of hydrogen-bond donors (Lipinski definition) is 2. The predicted molar refractivity (Wildman–Crippen MR) is 111 cm³/mol. The number of anilines is 1. The highest BCUT2D eigenvalue weighted by molar-refractivity contribution is 7.92. The summed E-state index contributed by atoms with van der Waals surface area (Å²) in [5, 5.41) is 10.3. The highest BCUT2D eigenvalue weighted by Gasteiger charge is 2.37. The largest absolute Gasteiger partial charge is 0.506 e. The first-order valence-electron chi connectivity index (χ1n) is 10.5. The minimum Gasteiger partial charge on any atom is -0.506 e. The third-order valence-electron chi connectivity index (χ3n) is 6.11. The van der Waals surface area contributed by atoms with Gasteiger partial charge in [-0.15, -0.1) is 0 Å². The van der Waals surface area contributed by atoms with Crippen LogP contribution in [-0.4, -0.2) is 31.0 Å². The van der Waals surface area contributed by atoms with Crippen molar-refractivity contribution < 1.29 is 27.1 Å². The summed E-state index contributed by atoms with van der Waals surface area (Å²) in [6, 6.07) is 2.67. The van der Waals surface area contributed by atoms with E-state index in [9.17, 15) is 22.7 Å². The van der Waals surface area contributed by atoms with Gasteiger partial charge in [0.1, 0.15) is 23.7 Å². The minimum atomic E-state index is -4.18. The molecule has 1 aromatic carbocycles. The van der Waals surface area contributed by atoms with E-state index in [4.69, 9.17) is 4.42 Å². The number of phenols is 1. The molecule has 10 heteroatoms. The van der Waals surface area contributed by atoms with Crippen molar-refractivity contribution in [1.29, 1.82) is 0 Å². The molecule has 0 spiro atoms. The molecule has 2 fully saturated rings. The molecule has 1 aromatic heterocycles. The molecule has 2 atom stereocenters. The van der Waals surface area contributed by atoms with E-state index in [-0.39, 0.29) is 0 Å². The molecule has 1 aliphatic carbocycles. The zero-order valence-corrected chi connectivity index (χ0v) is 17.9. The molecule has 2 unspecified atom stereocenters. The monoisotopic (exact) mass is 451 g/mol. The number of amides is 1. The number of oxazole rings is 1. The quantitative estimate of drug-likeness (QED) is 0.669. The fraction of sp³-hybridized carbons (Fsp3) is 0.524. The van der Waals surface area contributed by atoms with E-state index < -0.39 is 39.9 Å². The van der Waals surface area contributed by atoms with Crippen LogP contribution in [0.5, 0.6) is 5.75 Å². The SMILES string of the molecule is O=C1CN(c2c(O)cc(CC3CCCC(CCCc4cnco4)C3)cc2F)S(=O)(=O)N1. The van der Waals surface area contributed by atoms with Gasteiger partial charge in [-0.25, -0.2) is 18.4 Å². The number of hydrogen-bond acceptors (Lipinski definition) is 6. The van der Waals surface area contributed by atoms with Crippen LogP contribution in [0.1, 0.15) is 49.8 Å². The van der Waals surface area contributed by atoms with Gasteiger partial charge in [0.05, 0.1) is 6.20 Å². The Labute approximate surface area is 180 Å². The molecule has 4 rings (SSSR count). The van der Waals surface area contributed by atoms with Crippen LogP contribution >= 0.6 is 0 Å². The van der Waals surface area contributed by atoms with Crippen LogP contribution in [0.4, 0.5) is 10.1 Å². The van der Waals surface area contributed by atoms with E-state index in [2.05, 4.69) is 4.98 Å². The van der Waals surface area contributed by atoms with E-state index >= 15 is 0 Å². The van der Waals surface area contributed by atoms with Crippen LogP contribution in [0.15, 0.2) is 29.1 Å². The van der Waals surface area contributed by atoms with Gasteiger partial charge in [-0.2, -0.15) is 8.42 Å². The lowest BCUT2D eigenvalue weighted by molar-refractivity contribution is -0.117. The van der Waals surface area contributed by atoms with Crippen LogP contribution in [0.25, 0.3) is 0 Å². The number of carbonyl (C=O) groups excluding carboxylic acids is 1. The number of nitrogens with one attached hydrogen (secondary N) is 1. The number of rotatable bonds is 7. The Balaban J connectivity index is 1.38. The van der Waals surface area contributed by atoms with Crippen molar-refractivity contribution in [3.63, 3.8) is 0 Å². The second-order valence-corrected chi connectivity index (χ2v) is 10.0. The van der Waals surface area contributed by atoms with Crippen molar-refractivity contribution in [3.8, 4) is 5.75 Å². The summed E-state index contributed by atoms with van der Waals surface area (Å²) >= 11 is 0. The molecule has 168 valence electrons. The van der Waals surface area contributed by atoms with Gasteiger partial charge in [-0.3, -0.25) is 4.79 Å². The summed E-state index contributed by atoms with van der Waals surface area (Å²) in [6.07, 6.45) is 11.2. The summed E-state index contributed by atoms with van der Waals surface area (Å²) in [5.41, 5.74) is 0.137. The molecule has 1 amide bonds. The number of halogens is 1. The molecular formula is C21H26FN3O5S. The van der Waals surface area contributed by atoms with Crippen molar-refractivity contribution in [2.45, 2.75) is 51.4 Å². The maximum Gasteiger partial charge on any atom is 0.326 e. The second-order valence-electron chi connectivity index (χ2n) is 8.45. The predicted octanol–water partition coefficient (Wildman–Crippen LogP) is 3.07. The lowest BCUT2D eigenvalue weighted by Crippen LogP contribution is -2.30. The van der Waals surface area contributed by atoms with E-state index in [1.807, 2.05) is 0 Å². The second kappa shape index (κ2) is 8.86. The Kier molecular flexibility index (Phi) is 6.17. The van der Waals surface area contributed by atoms with Crippen LogP contribution in [0.2, 0.25) is 0 Å². The van der Waals surface area contributed by atoms with Crippen molar-refractivity contribution in [3.05, 3.63) is 41.9 Å². The lowest BCUT2D eigenvalue weighted by atomic mass is 9.77. The molecule has 1 saturated heterocycles. The number of aryl methyl sites for hydroxylation is 1. The molecule has 0 radical (unpaired) electrons. The van der Waals surface area contributed by atoms with Crippen molar-refractivity contribution in [2.75, 3.05) is 10.8 Å². The summed E-state index contributed by atoms with van der Waals surface area (Å²) in [4.78, 5) is 15.4. The first kappa shape index (κ1) is 21.6. The van der Waals surface area contributed by atoms with Gasteiger partial charge < -0.3 is 9.52 Å². The van der Waals surface area contributed by atoms with Crippen LogP contribution in [-0.2, 0) is 27.8 Å². The Bertz CT molecular complexity index is 1020. The number of benzene rings is 1. The van der Waals surface area contributed by atoms with Gasteiger partial charge in [-0.05, 0) is 48.8 Å². The number of nitrogens with zero attached hydrogens (tertiary/aromatic N) is 2. The van der Waals surface area contributed by atoms with E-state index in [0.29, 0.717) is 28.1 Å². The summed E-state index contributed by atoms with van der Waals surface area (Å²) in [5.74, 6) is -0.211. The Morgan fingerprint density at radius 2 is 2.10 bits per heavy atom. The third kappa shape index (κ3) is 5.00. The number of aromatic nitrogens is 1. The maximum absolute atomic E-state index is 14.7. The molecule has 2 N–H and O–H groups in total. The fourth-order valence-electron chi connectivity index (χ4n) is 4.76. The Morgan fingerprint density at radius 1 is 1.29 bits per heavy atom. The first-order valence-corrected chi connectivity index (χ1v) is 12.0. The summed E-state index contributed by atoms with van der Waals surface area (Å²) in [6.45, 7) is -0.551. The average Bonchev–Trinajstić information content (AvgIpc) is 3.29. The number of aromatic hydroxyl groups is 1. The smallest absolute Gasteiger partial charge is 0.326 e. The standard InChI is InChI=1S/C21H26FN3O5S/c22-18-9-16(10-19(26)21(18)25-12-20(27)24-31(25,28)29)8-15-5-1-3-14(7-15)4-2-6-17-11-23-13-30-17/h9-11,13-15,26H,1-8,12H2,(H,24,27). The highest BCUT2D eigenvalue weighted by atomic mass is 32.2. The molecule has 1 aliphatic heterocycles. The van der Waals surface area contributed by atoms with E-state index in [1.165, 1.54) is 24.9 Å². The normalized spacial score (nSPS) is 23.1. The maximum atomic E-state index is 14.7. The first-order chi connectivity index (χ1) is 14.8. The van der Waals surface area contributed by atoms with Gasteiger partial charge in [0, 0.05) is 6.42 Å². The van der Waals surface area contributed by atoms with Crippen LogP contribution in [0.3, 0.4) is 0 Å². The topological polar surface area (TPSA) is 113 Å². The zero-order valence-electron chi connectivity index (χ0n) is 17.1. The Morgan fingerprint density at radius 3 is 2.77 bits per heavy atom. The summed E-state index contributed by atoms with van der Waals surface area (Å²) in [7, 11) is -4.18. The molecule has 2 heterocycles. The Hall–Kier alpha value is -2.62. The van der Waals surface area contributed by atoms with Gasteiger partial charge in [0.2, 0.25) is 0 Å². The lowest BCUT2D eigenvalue weighted by Gasteiger charge is -2.29. The highest BCUT2D eigenvalue weighted by Crippen LogP contribution is 2.38. The van der Waals surface area contributed by atoms with E-state index in [1.54, 1.807) is 10.9 Å². The minimum absolute atomic E-state index is 0.382. The molecule has 8 nitrogen and oxygen atoms in total. The molecule has 2 aromatic rings. The fourth-order valence-corrected chi connectivity index (χ4v) is 5.93. The molecule has 1 saturated carbocycles. The molecule has 31 heavy (non-hydrogen) atoms. The van der Waals surface area contributed by atoms with Gasteiger partial charge in [0.25, 0.3) is 5.91 Å². The van der Waals surface area contributed by atoms with Crippen molar-refractivity contribution in [2.24, 2.45) is 11.8 Å². The van der Waals surface area contributed by atoms with Crippen molar-refractivity contribution >= 4 is 21.8 Å². The van der Waals surface area contributed by atoms with Gasteiger partial charge in [0.15, 0.2) is 12.2 Å². The number of carbonyl (C=O) groups is 1. The van der Waals surface area contributed by atoms with Crippen molar-refractivity contribution in [1.82, 2.24) is 9.71 Å². The average molecular weight is 452 g/mol. The van der Waals surface area contributed by atoms with Crippen LogP contribution < -0.4 is 9.03 Å². The van der Waals surface area contributed by atoms with Gasteiger partial charge in [-0.1, -0.05) is 25.7 Å². The van der Waals surface area contributed by atoms with Crippen LogP contribution in [0, 0.1) is 17.7 Å². The molecular weight excluding hydrogens is 425 g/mol. The zero-order chi connectivity index (χ0) is 22.0. The van der Waals surface area contributed by atoms with E-state index in [0.717, 1.165) is 44.3 Å². The third-order valence-corrected chi connectivity index (χ3v) is 7.49. The molecule has 2 aliphatic rings. The van der Waals surface area contributed by atoms with Gasteiger partial charge >= 0.3 is 10.2 Å². The summed E-state index contributed by atoms with van der Waals surface area (Å²) < 4.78 is 46.3. The molecule has 0 bridgehead atoms. The number of phenolic OH excluding ortho intramolecular Hbond substituents is 1.